The van der Waals surface area contributed by atoms with E-state index in [1.165, 1.54) is 7.11 Å². The second-order valence-electron chi connectivity index (χ2n) is 4.73. The van der Waals surface area contributed by atoms with Crippen LogP contribution in [0.5, 0.6) is 0 Å². The number of epoxide rings is 1. The fraction of sp³-hybridized carbons (Fsp3) is 0.167. The Balaban J connectivity index is 1.89. The summed E-state index contributed by atoms with van der Waals surface area (Å²) in [5.74, 6) is 5.62. The zero-order chi connectivity index (χ0) is 14.7. The van der Waals surface area contributed by atoms with Crippen molar-refractivity contribution in [2.75, 3.05) is 7.11 Å². The lowest BCUT2D eigenvalue weighted by Gasteiger charge is -2.09. The molecule has 1 heterocycles. The van der Waals surface area contributed by atoms with Crippen LogP contribution in [0, 0.1) is 11.8 Å². The highest BCUT2D eigenvalue weighted by Crippen LogP contribution is 2.47. The Hall–Kier alpha value is -2.57. The number of methoxy groups -OCH3 is 1. The molecule has 0 bridgehead atoms. The molecule has 3 heteroatoms. The van der Waals surface area contributed by atoms with Crippen molar-refractivity contribution < 1.29 is 14.3 Å². The van der Waals surface area contributed by atoms with Crippen molar-refractivity contribution in [2.24, 2.45) is 0 Å². The van der Waals surface area contributed by atoms with Crippen LogP contribution in [0.1, 0.15) is 11.1 Å². The van der Waals surface area contributed by atoms with E-state index in [2.05, 4.69) is 11.8 Å². The van der Waals surface area contributed by atoms with Gasteiger partial charge in [0.2, 0.25) is 5.60 Å². The lowest BCUT2D eigenvalue weighted by atomic mass is 9.95. The fourth-order valence-corrected chi connectivity index (χ4v) is 2.28. The van der Waals surface area contributed by atoms with Crippen LogP contribution in [0.15, 0.2) is 60.7 Å². The van der Waals surface area contributed by atoms with Crippen LogP contribution in [-0.4, -0.2) is 19.2 Å². The van der Waals surface area contributed by atoms with Crippen molar-refractivity contribution in [1.29, 1.82) is 0 Å². The number of carbonyl (C=O) groups excluding carboxylic acids is 1. The van der Waals surface area contributed by atoms with E-state index in [0.29, 0.717) is 0 Å². The zero-order valence-electron chi connectivity index (χ0n) is 11.6. The second kappa shape index (κ2) is 5.43. The molecule has 2 aromatic carbocycles. The van der Waals surface area contributed by atoms with Gasteiger partial charge in [-0.05, 0) is 17.7 Å². The van der Waals surface area contributed by atoms with E-state index in [1.807, 2.05) is 60.7 Å². The van der Waals surface area contributed by atoms with Crippen molar-refractivity contribution in [3.63, 3.8) is 0 Å². The van der Waals surface area contributed by atoms with Crippen molar-refractivity contribution in [3.05, 3.63) is 71.8 Å². The van der Waals surface area contributed by atoms with Crippen LogP contribution in [0.25, 0.3) is 0 Å². The largest absolute Gasteiger partial charge is 0.467 e. The van der Waals surface area contributed by atoms with Gasteiger partial charge in [0, 0.05) is 5.56 Å². The molecule has 0 N–H and O–H groups in total. The maximum atomic E-state index is 12.1. The zero-order valence-corrected chi connectivity index (χ0v) is 11.6. The molecule has 0 saturated carbocycles. The first-order valence-corrected chi connectivity index (χ1v) is 6.66. The molecule has 1 fully saturated rings. The minimum absolute atomic E-state index is 0.416. The third-order valence-electron chi connectivity index (χ3n) is 3.43. The van der Waals surface area contributed by atoms with Gasteiger partial charge < -0.3 is 9.47 Å². The summed E-state index contributed by atoms with van der Waals surface area (Å²) in [6, 6.07) is 18.9. The molecule has 0 radical (unpaired) electrons. The van der Waals surface area contributed by atoms with Crippen LogP contribution in [-0.2, 0) is 19.9 Å². The van der Waals surface area contributed by atoms with E-state index in [0.717, 1.165) is 11.1 Å². The SMILES string of the molecule is COC(=O)[C@@]1(c2ccccc2)O[C@H]1C#Cc1ccccc1. The van der Waals surface area contributed by atoms with E-state index in [4.69, 9.17) is 9.47 Å². The molecule has 3 rings (SSSR count). The van der Waals surface area contributed by atoms with Gasteiger partial charge in [-0.25, -0.2) is 4.79 Å². The van der Waals surface area contributed by atoms with Crippen LogP contribution >= 0.6 is 0 Å². The van der Waals surface area contributed by atoms with Crippen molar-refractivity contribution in [3.8, 4) is 11.8 Å². The van der Waals surface area contributed by atoms with Crippen molar-refractivity contribution >= 4 is 5.97 Å². The summed E-state index contributed by atoms with van der Waals surface area (Å²) in [6.07, 6.45) is -0.479. The predicted octanol–water partition coefficient (Wildman–Crippen LogP) is 2.51. The van der Waals surface area contributed by atoms with Gasteiger partial charge >= 0.3 is 5.97 Å². The van der Waals surface area contributed by atoms with Gasteiger partial charge in [-0.15, -0.1) is 0 Å². The molecule has 0 unspecified atom stereocenters. The number of hydrogen-bond donors (Lipinski definition) is 0. The van der Waals surface area contributed by atoms with Crippen LogP contribution in [0.4, 0.5) is 0 Å². The topological polar surface area (TPSA) is 38.8 Å². The summed E-state index contributed by atoms with van der Waals surface area (Å²) >= 11 is 0. The monoisotopic (exact) mass is 278 g/mol. The maximum absolute atomic E-state index is 12.1. The Labute approximate surface area is 123 Å². The molecule has 2 atom stereocenters. The Kier molecular flexibility index (Phi) is 3.47. The normalized spacial score (nSPS) is 22.8. The summed E-state index contributed by atoms with van der Waals surface area (Å²) in [5.41, 5.74) is 0.571. The maximum Gasteiger partial charge on any atom is 0.346 e. The molecule has 1 aliphatic heterocycles. The molecule has 0 aliphatic carbocycles. The van der Waals surface area contributed by atoms with Gasteiger partial charge in [-0.2, -0.15) is 0 Å². The molecule has 0 amide bonds. The second-order valence-corrected chi connectivity index (χ2v) is 4.73. The molecule has 104 valence electrons. The summed E-state index contributed by atoms with van der Waals surface area (Å²) in [6.45, 7) is 0. The predicted molar refractivity (Wildman–Crippen MR) is 78.3 cm³/mol. The van der Waals surface area contributed by atoms with E-state index >= 15 is 0 Å². The van der Waals surface area contributed by atoms with E-state index < -0.39 is 17.7 Å². The minimum Gasteiger partial charge on any atom is -0.467 e. The minimum atomic E-state index is -1.09. The van der Waals surface area contributed by atoms with Gasteiger partial charge in [-0.3, -0.25) is 0 Å². The van der Waals surface area contributed by atoms with Gasteiger partial charge in [0.05, 0.1) is 7.11 Å². The van der Waals surface area contributed by atoms with Crippen molar-refractivity contribution in [2.45, 2.75) is 11.7 Å². The van der Waals surface area contributed by atoms with Gasteiger partial charge in [0.25, 0.3) is 0 Å². The average Bonchev–Trinajstić information content (AvgIpc) is 3.30. The standard InChI is InChI=1S/C18H14O3/c1-20-17(19)18(15-10-6-3-7-11-15)16(21-18)13-12-14-8-4-2-5-9-14/h2-11,16H,1H3/t16-,18-/m0/s1. The lowest BCUT2D eigenvalue weighted by molar-refractivity contribution is -0.147. The molecule has 1 aliphatic rings. The first-order chi connectivity index (χ1) is 10.3. The number of ether oxygens (including phenoxy) is 2. The summed E-state index contributed by atoms with van der Waals surface area (Å²) in [4.78, 5) is 12.1. The summed E-state index contributed by atoms with van der Waals surface area (Å²) < 4.78 is 10.5. The number of esters is 1. The quantitative estimate of drug-likeness (QED) is 0.481. The third kappa shape index (κ3) is 2.42. The summed E-state index contributed by atoms with van der Waals surface area (Å²) in [5, 5.41) is 0. The smallest absolute Gasteiger partial charge is 0.346 e. The molecule has 1 saturated heterocycles. The average molecular weight is 278 g/mol. The van der Waals surface area contributed by atoms with Gasteiger partial charge in [0.15, 0.2) is 6.10 Å². The molecule has 0 aromatic heterocycles. The molecule has 2 aromatic rings. The van der Waals surface area contributed by atoms with Crippen LogP contribution in [0.2, 0.25) is 0 Å². The lowest BCUT2D eigenvalue weighted by Crippen LogP contribution is -2.26. The number of carbonyl (C=O) groups is 1. The number of rotatable bonds is 2. The molecule has 3 nitrogen and oxygen atoms in total. The Morgan fingerprint density at radius 3 is 2.33 bits per heavy atom. The molecular formula is C18H14O3. The molecule has 0 spiro atoms. The van der Waals surface area contributed by atoms with E-state index in [1.54, 1.807) is 0 Å². The first kappa shape index (κ1) is 13.4. The van der Waals surface area contributed by atoms with Crippen LogP contribution in [0.3, 0.4) is 0 Å². The number of benzene rings is 2. The van der Waals surface area contributed by atoms with Gasteiger partial charge in [0.1, 0.15) is 0 Å². The highest BCUT2D eigenvalue weighted by atomic mass is 16.7. The molecular weight excluding hydrogens is 264 g/mol. The summed E-state index contributed by atoms with van der Waals surface area (Å²) in [7, 11) is 1.36. The van der Waals surface area contributed by atoms with E-state index in [-0.39, 0.29) is 0 Å². The highest BCUT2D eigenvalue weighted by molar-refractivity contribution is 5.86. The highest BCUT2D eigenvalue weighted by Gasteiger charge is 2.64. The first-order valence-electron chi connectivity index (χ1n) is 6.66. The number of hydrogen-bond acceptors (Lipinski definition) is 3. The van der Waals surface area contributed by atoms with Crippen molar-refractivity contribution in [1.82, 2.24) is 0 Å². The third-order valence-corrected chi connectivity index (χ3v) is 3.43. The Morgan fingerprint density at radius 1 is 1.10 bits per heavy atom. The van der Waals surface area contributed by atoms with E-state index in [9.17, 15) is 4.79 Å². The Bertz CT molecular complexity index is 697. The van der Waals surface area contributed by atoms with Gasteiger partial charge in [-0.1, -0.05) is 60.4 Å². The fourth-order valence-electron chi connectivity index (χ4n) is 2.28. The molecule has 21 heavy (non-hydrogen) atoms. The van der Waals surface area contributed by atoms with Crippen LogP contribution < -0.4 is 0 Å². The Morgan fingerprint density at radius 2 is 1.71 bits per heavy atom.